The molecule has 0 radical (unpaired) electrons. The Labute approximate surface area is 172 Å². The number of benzene rings is 1. The van der Waals surface area contributed by atoms with Crippen molar-refractivity contribution in [2.24, 2.45) is 0 Å². The highest BCUT2D eigenvalue weighted by Gasteiger charge is 2.22. The number of nitrogens with zero attached hydrogens (tertiary/aromatic N) is 5. The molecule has 0 N–H and O–H groups in total. The molecule has 6 nitrogen and oxygen atoms in total. The number of hydrogen-bond donors (Lipinski definition) is 0. The predicted octanol–water partition coefficient (Wildman–Crippen LogP) is 3.60. The van der Waals surface area contributed by atoms with Gasteiger partial charge in [0.1, 0.15) is 10.3 Å². The molecule has 0 spiro atoms. The van der Waals surface area contributed by atoms with Crippen molar-refractivity contribution in [1.29, 1.82) is 0 Å². The first-order chi connectivity index (χ1) is 14.3. The van der Waals surface area contributed by atoms with Gasteiger partial charge in [0.2, 0.25) is 5.91 Å². The summed E-state index contributed by atoms with van der Waals surface area (Å²) in [7, 11) is 0. The third-order valence-electron chi connectivity index (χ3n) is 5.09. The summed E-state index contributed by atoms with van der Waals surface area (Å²) in [6.07, 6.45) is 7.08. The minimum atomic E-state index is 0.0311. The fourth-order valence-corrected chi connectivity index (χ4v) is 4.50. The summed E-state index contributed by atoms with van der Waals surface area (Å²) in [6, 6.07) is 13.8. The molecule has 0 saturated carbocycles. The lowest BCUT2D eigenvalue weighted by Gasteiger charge is -2.34. The van der Waals surface area contributed by atoms with Crippen molar-refractivity contribution in [3.63, 3.8) is 0 Å². The Bertz CT molecular complexity index is 1170. The van der Waals surface area contributed by atoms with Gasteiger partial charge in [0.15, 0.2) is 5.13 Å². The van der Waals surface area contributed by atoms with Crippen LogP contribution in [0.2, 0.25) is 0 Å². The molecule has 0 aliphatic carbocycles. The lowest BCUT2D eigenvalue weighted by Crippen LogP contribution is -2.48. The Kier molecular flexibility index (Phi) is 4.65. The van der Waals surface area contributed by atoms with Crippen LogP contribution < -0.4 is 4.90 Å². The van der Waals surface area contributed by atoms with Crippen LogP contribution in [0, 0.1) is 0 Å². The molecule has 1 aromatic carbocycles. The second-order valence-corrected chi connectivity index (χ2v) is 7.85. The Morgan fingerprint density at radius 3 is 2.62 bits per heavy atom. The first-order valence-corrected chi connectivity index (χ1v) is 10.4. The van der Waals surface area contributed by atoms with Crippen molar-refractivity contribution in [2.75, 3.05) is 31.1 Å². The molecule has 4 heterocycles. The number of anilines is 1. The maximum absolute atomic E-state index is 12.7. The largest absolute Gasteiger partial charge is 0.344 e. The van der Waals surface area contributed by atoms with Crippen molar-refractivity contribution in [1.82, 2.24) is 19.9 Å². The third-order valence-corrected chi connectivity index (χ3v) is 6.13. The second-order valence-electron chi connectivity index (χ2n) is 6.89. The molecule has 1 amide bonds. The van der Waals surface area contributed by atoms with E-state index in [0.29, 0.717) is 13.1 Å². The number of piperazine rings is 1. The van der Waals surface area contributed by atoms with Crippen LogP contribution in [0.1, 0.15) is 5.56 Å². The maximum Gasteiger partial charge on any atom is 0.246 e. The lowest BCUT2D eigenvalue weighted by molar-refractivity contribution is -0.126. The molecule has 0 unspecified atom stereocenters. The van der Waals surface area contributed by atoms with Crippen molar-refractivity contribution in [3.05, 3.63) is 66.5 Å². The fourth-order valence-electron chi connectivity index (χ4n) is 3.54. The molecule has 1 fully saturated rings. The molecule has 1 saturated heterocycles. The standard InChI is InChI=1S/C22H19N5OS/c28-19(9-8-17-5-1-4-16-6-2-10-23-20(16)17)26-12-14-27(15-13-26)22-25-18-7-3-11-24-21(18)29-22/h1-11H,12-15H2/b9-8+. The third kappa shape index (κ3) is 3.56. The van der Waals surface area contributed by atoms with E-state index >= 15 is 0 Å². The van der Waals surface area contributed by atoms with Crippen LogP contribution >= 0.6 is 11.3 Å². The lowest BCUT2D eigenvalue weighted by atomic mass is 10.1. The molecular formula is C22H19N5OS. The molecule has 7 heteroatoms. The van der Waals surface area contributed by atoms with E-state index < -0.39 is 0 Å². The van der Waals surface area contributed by atoms with E-state index in [0.717, 1.165) is 45.0 Å². The van der Waals surface area contributed by atoms with Gasteiger partial charge in [-0.2, -0.15) is 0 Å². The number of pyridine rings is 2. The van der Waals surface area contributed by atoms with E-state index in [1.807, 2.05) is 53.4 Å². The normalized spacial score (nSPS) is 14.9. The topological polar surface area (TPSA) is 62.2 Å². The average molecular weight is 401 g/mol. The molecule has 1 aliphatic heterocycles. The van der Waals surface area contributed by atoms with Crippen molar-refractivity contribution < 1.29 is 4.79 Å². The van der Waals surface area contributed by atoms with Gasteiger partial charge < -0.3 is 9.80 Å². The van der Waals surface area contributed by atoms with Crippen LogP contribution in [0.5, 0.6) is 0 Å². The van der Waals surface area contributed by atoms with Gasteiger partial charge in [-0.25, -0.2) is 9.97 Å². The van der Waals surface area contributed by atoms with Crippen LogP contribution in [0.3, 0.4) is 0 Å². The minimum Gasteiger partial charge on any atom is -0.344 e. The van der Waals surface area contributed by atoms with Crippen LogP contribution in [-0.4, -0.2) is 51.9 Å². The van der Waals surface area contributed by atoms with E-state index in [1.54, 1.807) is 29.8 Å². The van der Waals surface area contributed by atoms with Crippen LogP contribution in [0.4, 0.5) is 5.13 Å². The van der Waals surface area contributed by atoms with Gasteiger partial charge in [-0.1, -0.05) is 35.6 Å². The van der Waals surface area contributed by atoms with E-state index in [2.05, 4.69) is 19.9 Å². The molecule has 0 bridgehead atoms. The molecule has 144 valence electrons. The maximum atomic E-state index is 12.7. The highest BCUT2D eigenvalue weighted by atomic mass is 32.1. The van der Waals surface area contributed by atoms with E-state index in [9.17, 15) is 4.79 Å². The molecule has 1 aliphatic rings. The quantitative estimate of drug-likeness (QED) is 0.491. The molecular weight excluding hydrogens is 382 g/mol. The smallest absolute Gasteiger partial charge is 0.246 e. The van der Waals surface area contributed by atoms with Gasteiger partial charge in [0.05, 0.1) is 5.52 Å². The molecule has 4 aromatic rings. The Morgan fingerprint density at radius 1 is 0.966 bits per heavy atom. The summed E-state index contributed by atoms with van der Waals surface area (Å²) in [6.45, 7) is 2.91. The SMILES string of the molecule is O=C(/C=C/c1cccc2cccnc12)N1CCN(c2nc3cccnc3s2)CC1. The summed E-state index contributed by atoms with van der Waals surface area (Å²) in [5, 5.41) is 2.05. The number of carbonyl (C=O) groups is 1. The van der Waals surface area contributed by atoms with Crippen molar-refractivity contribution in [2.45, 2.75) is 0 Å². The highest BCUT2D eigenvalue weighted by Crippen LogP contribution is 2.27. The summed E-state index contributed by atoms with van der Waals surface area (Å²) in [5.74, 6) is 0.0311. The number of aromatic nitrogens is 3. The number of carbonyl (C=O) groups excluding carboxylic acids is 1. The number of hydrogen-bond acceptors (Lipinski definition) is 6. The summed E-state index contributed by atoms with van der Waals surface area (Å²) in [5.41, 5.74) is 2.79. The van der Waals surface area contributed by atoms with Gasteiger partial charge in [-0.3, -0.25) is 9.78 Å². The molecule has 0 atom stereocenters. The number of thiazole rings is 1. The fraction of sp³-hybridized carbons (Fsp3) is 0.182. The van der Waals surface area contributed by atoms with Crippen LogP contribution in [0.25, 0.3) is 27.3 Å². The van der Waals surface area contributed by atoms with Gasteiger partial charge in [-0.15, -0.1) is 0 Å². The average Bonchev–Trinajstić information content (AvgIpc) is 3.22. The van der Waals surface area contributed by atoms with E-state index in [-0.39, 0.29) is 5.91 Å². The number of amides is 1. The first-order valence-electron chi connectivity index (χ1n) is 9.55. The number of para-hydroxylation sites is 1. The highest BCUT2D eigenvalue weighted by molar-refractivity contribution is 7.21. The Balaban J connectivity index is 1.25. The van der Waals surface area contributed by atoms with Crippen molar-refractivity contribution in [3.8, 4) is 0 Å². The van der Waals surface area contributed by atoms with Crippen LogP contribution in [0.15, 0.2) is 60.9 Å². The van der Waals surface area contributed by atoms with Crippen molar-refractivity contribution >= 4 is 49.7 Å². The number of fused-ring (bicyclic) bond motifs is 2. The van der Waals surface area contributed by atoms with E-state index in [1.165, 1.54) is 0 Å². The second kappa shape index (κ2) is 7.60. The number of rotatable bonds is 3. The Hall–Kier alpha value is -3.32. The Morgan fingerprint density at radius 2 is 1.76 bits per heavy atom. The van der Waals surface area contributed by atoms with Gasteiger partial charge in [-0.05, 0) is 24.3 Å². The zero-order valence-electron chi connectivity index (χ0n) is 15.7. The zero-order valence-corrected chi connectivity index (χ0v) is 16.5. The molecule has 29 heavy (non-hydrogen) atoms. The van der Waals surface area contributed by atoms with E-state index in [4.69, 9.17) is 0 Å². The summed E-state index contributed by atoms with van der Waals surface area (Å²) < 4.78 is 0. The summed E-state index contributed by atoms with van der Waals surface area (Å²) >= 11 is 1.60. The predicted molar refractivity (Wildman–Crippen MR) is 117 cm³/mol. The van der Waals surface area contributed by atoms with Crippen LogP contribution in [-0.2, 0) is 4.79 Å². The van der Waals surface area contributed by atoms with Gasteiger partial charge in [0, 0.05) is 55.6 Å². The molecule has 5 rings (SSSR count). The van der Waals surface area contributed by atoms with Gasteiger partial charge in [0.25, 0.3) is 0 Å². The summed E-state index contributed by atoms with van der Waals surface area (Å²) in [4.78, 5) is 31.2. The zero-order chi connectivity index (χ0) is 19.6. The molecule has 3 aromatic heterocycles. The first kappa shape index (κ1) is 17.8. The van der Waals surface area contributed by atoms with Gasteiger partial charge >= 0.3 is 0 Å². The minimum absolute atomic E-state index is 0.0311. The monoisotopic (exact) mass is 401 g/mol.